The topological polar surface area (TPSA) is 75.2 Å². The number of methoxy groups -OCH3 is 1. The van der Waals surface area contributed by atoms with Gasteiger partial charge in [-0.3, -0.25) is 4.79 Å². The fourth-order valence-corrected chi connectivity index (χ4v) is 3.50. The molecular weight excluding hydrogens is 328 g/mol. The third-order valence-corrected chi connectivity index (χ3v) is 4.64. The van der Waals surface area contributed by atoms with Crippen LogP contribution in [0.1, 0.15) is 23.0 Å². The molecule has 0 unspecified atom stereocenters. The number of pyridine rings is 1. The number of ketones is 1. The molecule has 26 heavy (non-hydrogen) atoms. The summed E-state index contributed by atoms with van der Waals surface area (Å²) in [5.41, 5.74) is 4.17. The van der Waals surface area contributed by atoms with Crippen molar-refractivity contribution in [2.75, 3.05) is 7.11 Å². The zero-order chi connectivity index (χ0) is 18.4. The van der Waals surface area contributed by atoms with Gasteiger partial charge in [0.05, 0.1) is 23.8 Å². The van der Waals surface area contributed by atoms with Gasteiger partial charge in [-0.15, -0.1) is 0 Å². The molecule has 0 spiro atoms. The molecule has 0 fully saturated rings. The van der Waals surface area contributed by atoms with E-state index in [1.165, 1.54) is 0 Å². The Morgan fingerprint density at radius 2 is 1.96 bits per heavy atom. The van der Waals surface area contributed by atoms with E-state index in [-0.39, 0.29) is 11.5 Å². The Hall–Kier alpha value is -3.34. The summed E-state index contributed by atoms with van der Waals surface area (Å²) < 4.78 is 5.17. The zero-order valence-electron chi connectivity index (χ0n) is 14.8. The third-order valence-electron chi connectivity index (χ3n) is 4.64. The number of phenols is 1. The first-order valence-electron chi connectivity index (χ1n) is 8.30. The van der Waals surface area contributed by atoms with E-state index < -0.39 is 0 Å². The Morgan fingerprint density at radius 3 is 2.65 bits per heavy atom. The minimum atomic E-state index is -0.0416. The van der Waals surface area contributed by atoms with E-state index >= 15 is 0 Å². The molecule has 0 radical (unpaired) electrons. The first-order chi connectivity index (χ1) is 12.5. The van der Waals surface area contributed by atoms with Crippen LogP contribution < -0.4 is 4.74 Å². The van der Waals surface area contributed by atoms with Gasteiger partial charge in [-0.1, -0.05) is 18.2 Å². The lowest BCUT2D eigenvalue weighted by molar-refractivity contribution is 0.101. The van der Waals surface area contributed by atoms with E-state index in [4.69, 9.17) is 9.72 Å². The van der Waals surface area contributed by atoms with E-state index in [1.54, 1.807) is 32.2 Å². The number of ether oxygens (including phenoxy) is 1. The number of carbonyl (C=O) groups excluding carboxylic acids is 1. The van der Waals surface area contributed by atoms with Gasteiger partial charge in [0, 0.05) is 33.7 Å². The monoisotopic (exact) mass is 346 g/mol. The molecule has 2 aromatic heterocycles. The van der Waals surface area contributed by atoms with Crippen LogP contribution in [0.15, 0.2) is 42.5 Å². The molecule has 0 atom stereocenters. The van der Waals surface area contributed by atoms with Crippen molar-refractivity contribution in [3.8, 4) is 22.8 Å². The third kappa shape index (κ3) is 2.32. The lowest BCUT2D eigenvalue weighted by atomic mass is 9.99. The van der Waals surface area contributed by atoms with Gasteiger partial charge >= 0.3 is 0 Å². The number of hydrogen-bond donors (Lipinski definition) is 2. The smallest absolute Gasteiger partial charge is 0.162 e. The molecule has 2 aromatic carbocycles. The van der Waals surface area contributed by atoms with Gasteiger partial charge in [-0.25, -0.2) is 4.98 Å². The molecule has 0 bridgehead atoms. The number of aromatic nitrogens is 2. The lowest BCUT2D eigenvalue weighted by Gasteiger charge is -2.11. The van der Waals surface area contributed by atoms with Crippen molar-refractivity contribution in [1.29, 1.82) is 0 Å². The second kappa shape index (κ2) is 5.88. The van der Waals surface area contributed by atoms with Crippen LogP contribution in [0.4, 0.5) is 0 Å². The highest BCUT2D eigenvalue weighted by Crippen LogP contribution is 2.40. The lowest BCUT2D eigenvalue weighted by Crippen LogP contribution is -1.96. The van der Waals surface area contributed by atoms with E-state index in [0.29, 0.717) is 22.6 Å². The Kier molecular flexibility index (Phi) is 3.65. The van der Waals surface area contributed by atoms with Crippen molar-refractivity contribution in [3.05, 3.63) is 53.7 Å². The first-order valence-corrected chi connectivity index (χ1v) is 8.30. The molecule has 4 rings (SSSR count). The summed E-state index contributed by atoms with van der Waals surface area (Å²) in [6.45, 7) is 3.42. The van der Waals surface area contributed by atoms with Crippen molar-refractivity contribution < 1.29 is 14.6 Å². The van der Waals surface area contributed by atoms with Gasteiger partial charge in [0.25, 0.3) is 0 Å². The maximum Gasteiger partial charge on any atom is 0.162 e. The summed E-state index contributed by atoms with van der Waals surface area (Å²) in [5, 5.41) is 12.2. The molecule has 0 aliphatic carbocycles. The largest absolute Gasteiger partial charge is 0.507 e. The molecule has 2 N–H and O–H groups in total. The zero-order valence-corrected chi connectivity index (χ0v) is 14.8. The number of aryl methyl sites for hydroxylation is 1. The van der Waals surface area contributed by atoms with Crippen LogP contribution >= 0.6 is 0 Å². The number of phenolic OH excluding ortho intramolecular Hbond substituents is 1. The van der Waals surface area contributed by atoms with Crippen LogP contribution in [0, 0.1) is 6.92 Å². The van der Waals surface area contributed by atoms with Crippen LogP contribution in [0.3, 0.4) is 0 Å². The average molecular weight is 346 g/mol. The summed E-state index contributed by atoms with van der Waals surface area (Å²) in [7, 11) is 1.55. The van der Waals surface area contributed by atoms with Crippen LogP contribution in [-0.4, -0.2) is 28.0 Å². The molecule has 0 saturated carbocycles. The summed E-state index contributed by atoms with van der Waals surface area (Å²) in [4.78, 5) is 20.4. The Balaban J connectivity index is 2.18. The van der Waals surface area contributed by atoms with Crippen LogP contribution in [0.2, 0.25) is 0 Å². The number of aromatic amines is 1. The summed E-state index contributed by atoms with van der Waals surface area (Å²) in [6.07, 6.45) is 0. The summed E-state index contributed by atoms with van der Waals surface area (Å²) >= 11 is 0. The number of benzene rings is 2. The minimum Gasteiger partial charge on any atom is -0.507 e. The number of carbonyl (C=O) groups is 1. The number of hydrogen-bond acceptors (Lipinski definition) is 4. The second-order valence-electron chi connectivity index (χ2n) is 6.29. The molecule has 5 heteroatoms. The van der Waals surface area contributed by atoms with Crippen molar-refractivity contribution in [1.82, 2.24) is 9.97 Å². The number of nitrogens with zero attached hydrogens (tertiary/aromatic N) is 1. The molecule has 130 valence electrons. The Morgan fingerprint density at radius 1 is 1.19 bits per heavy atom. The average Bonchev–Trinajstić information content (AvgIpc) is 2.98. The van der Waals surface area contributed by atoms with Crippen LogP contribution in [0.25, 0.3) is 33.1 Å². The summed E-state index contributed by atoms with van der Waals surface area (Å²) in [5.74, 6) is 0.571. The Labute approximate surface area is 150 Å². The van der Waals surface area contributed by atoms with Crippen molar-refractivity contribution >= 4 is 27.6 Å². The van der Waals surface area contributed by atoms with E-state index in [0.717, 1.165) is 27.5 Å². The number of rotatable bonds is 3. The number of Topliss-reactive ketones (excluding diaryl/α,β-unsaturated/α-hetero) is 1. The molecule has 0 aliphatic rings. The van der Waals surface area contributed by atoms with Crippen molar-refractivity contribution in [2.24, 2.45) is 0 Å². The maximum atomic E-state index is 12.3. The highest BCUT2D eigenvalue weighted by molar-refractivity contribution is 6.19. The van der Waals surface area contributed by atoms with Gasteiger partial charge in [-0.05, 0) is 32.0 Å². The highest BCUT2D eigenvalue weighted by Gasteiger charge is 2.21. The van der Waals surface area contributed by atoms with Gasteiger partial charge in [0.15, 0.2) is 5.78 Å². The van der Waals surface area contributed by atoms with E-state index in [1.807, 2.05) is 31.2 Å². The van der Waals surface area contributed by atoms with Crippen molar-refractivity contribution in [3.63, 3.8) is 0 Å². The number of nitrogens with one attached hydrogen (secondary N) is 1. The minimum absolute atomic E-state index is 0.0416. The predicted octanol–water partition coefficient (Wildman–Crippen LogP) is 4.61. The standard InChI is InChI=1S/C21H18N2O3/c1-11-18(12(2)24)19-20(22-11)14-6-4-5-7-16(14)23-21(19)15-9-8-13(26-3)10-17(15)25/h4-10,22,25H,1-3H3. The number of para-hydroxylation sites is 1. The van der Waals surface area contributed by atoms with Gasteiger partial charge in [0.2, 0.25) is 0 Å². The van der Waals surface area contributed by atoms with Gasteiger partial charge in [-0.2, -0.15) is 0 Å². The molecule has 2 heterocycles. The number of H-pyrrole nitrogens is 1. The molecule has 5 nitrogen and oxygen atoms in total. The Bertz CT molecular complexity index is 1180. The molecule has 4 aromatic rings. The predicted molar refractivity (Wildman–Crippen MR) is 102 cm³/mol. The molecule has 0 saturated heterocycles. The quantitative estimate of drug-likeness (QED) is 0.531. The number of aromatic hydroxyl groups is 1. The van der Waals surface area contributed by atoms with E-state index in [2.05, 4.69) is 4.98 Å². The molecule has 0 aliphatic heterocycles. The second-order valence-corrected chi connectivity index (χ2v) is 6.29. The molecular formula is C21H18N2O3. The fraction of sp³-hybridized carbons (Fsp3) is 0.143. The van der Waals surface area contributed by atoms with Crippen molar-refractivity contribution in [2.45, 2.75) is 13.8 Å². The van der Waals surface area contributed by atoms with Crippen LogP contribution in [0.5, 0.6) is 11.5 Å². The van der Waals surface area contributed by atoms with Crippen LogP contribution in [-0.2, 0) is 0 Å². The SMILES string of the molecule is COc1ccc(-c2nc3ccccc3c3[nH]c(C)c(C(C)=O)c23)c(O)c1. The molecule has 0 amide bonds. The normalized spacial score (nSPS) is 11.2. The van der Waals surface area contributed by atoms with Gasteiger partial charge in [0.1, 0.15) is 11.5 Å². The summed E-state index contributed by atoms with van der Waals surface area (Å²) in [6, 6.07) is 12.8. The van der Waals surface area contributed by atoms with Gasteiger partial charge < -0.3 is 14.8 Å². The fourth-order valence-electron chi connectivity index (χ4n) is 3.50. The highest BCUT2D eigenvalue weighted by atomic mass is 16.5. The maximum absolute atomic E-state index is 12.3. The van der Waals surface area contributed by atoms with E-state index in [9.17, 15) is 9.90 Å². The first kappa shape index (κ1) is 16.1. The number of fused-ring (bicyclic) bond motifs is 3.